The van der Waals surface area contributed by atoms with Crippen LogP contribution in [0, 0.1) is 5.41 Å². The lowest BCUT2D eigenvalue weighted by molar-refractivity contribution is -0.139. The van der Waals surface area contributed by atoms with Gasteiger partial charge in [-0.2, -0.15) is 13.2 Å². The fourth-order valence-electron chi connectivity index (χ4n) is 1.78. The van der Waals surface area contributed by atoms with E-state index in [0.717, 1.165) is 6.07 Å². The number of alkyl halides is 3. The third kappa shape index (κ3) is 3.50. The number of rotatable bonds is 4. The van der Waals surface area contributed by atoms with E-state index < -0.39 is 11.7 Å². The van der Waals surface area contributed by atoms with Gasteiger partial charge in [0.2, 0.25) is 0 Å². The second kappa shape index (κ2) is 5.82. The molecule has 1 aromatic heterocycles. The summed E-state index contributed by atoms with van der Waals surface area (Å²) in [5.74, 6) is -0.540. The van der Waals surface area contributed by atoms with Gasteiger partial charge in [-0.1, -0.05) is 18.2 Å². The Morgan fingerprint density at radius 1 is 1.19 bits per heavy atom. The van der Waals surface area contributed by atoms with Gasteiger partial charge in [0.1, 0.15) is 23.9 Å². The number of hydrogen-bond acceptors (Lipinski definition) is 3. The van der Waals surface area contributed by atoms with Crippen molar-refractivity contribution in [2.75, 3.05) is 0 Å². The molecule has 0 atom stereocenters. The first-order chi connectivity index (χ1) is 9.89. The molecule has 7 heteroatoms. The molecule has 0 saturated carbocycles. The molecule has 0 bridgehead atoms. The first-order valence-corrected chi connectivity index (χ1v) is 5.97. The highest BCUT2D eigenvalue weighted by Crippen LogP contribution is 2.36. The zero-order valence-corrected chi connectivity index (χ0v) is 10.8. The lowest BCUT2D eigenvalue weighted by Gasteiger charge is -2.14. The second-order valence-electron chi connectivity index (χ2n) is 4.21. The van der Waals surface area contributed by atoms with Gasteiger partial charge in [0.15, 0.2) is 0 Å². The molecule has 3 N–H and O–H groups in total. The monoisotopic (exact) mass is 295 g/mol. The molecular formula is C14H12F3N3O. The molecule has 0 aliphatic heterocycles. The maximum absolute atomic E-state index is 12.8. The largest absolute Gasteiger partial charge is 0.488 e. The molecule has 0 amide bonds. The van der Waals surface area contributed by atoms with Crippen molar-refractivity contribution in [1.82, 2.24) is 4.98 Å². The van der Waals surface area contributed by atoms with Crippen molar-refractivity contribution in [3.8, 4) is 5.75 Å². The van der Waals surface area contributed by atoms with Crippen molar-refractivity contribution in [3.05, 3.63) is 59.4 Å². The van der Waals surface area contributed by atoms with Crippen LogP contribution >= 0.6 is 0 Å². The summed E-state index contributed by atoms with van der Waals surface area (Å²) in [6.45, 7) is -0.157. The number of amidine groups is 1. The second-order valence-corrected chi connectivity index (χ2v) is 4.21. The number of nitrogens with one attached hydrogen (secondary N) is 1. The minimum absolute atomic E-state index is 0.157. The minimum Gasteiger partial charge on any atom is -0.488 e. The van der Waals surface area contributed by atoms with Gasteiger partial charge in [-0.05, 0) is 18.2 Å². The summed E-state index contributed by atoms with van der Waals surface area (Å²) in [5.41, 5.74) is 5.16. The molecule has 110 valence electrons. The summed E-state index contributed by atoms with van der Waals surface area (Å²) >= 11 is 0. The minimum atomic E-state index is -4.49. The zero-order valence-electron chi connectivity index (χ0n) is 10.8. The number of nitrogen functional groups attached to an aromatic ring is 1. The maximum Gasteiger partial charge on any atom is 0.419 e. The quantitative estimate of drug-likeness (QED) is 0.673. The van der Waals surface area contributed by atoms with Crippen LogP contribution in [-0.4, -0.2) is 10.8 Å². The number of nitrogens with two attached hydrogens (primary N) is 1. The van der Waals surface area contributed by atoms with Crippen molar-refractivity contribution in [1.29, 1.82) is 5.41 Å². The molecule has 0 saturated heterocycles. The average Bonchev–Trinajstić information content (AvgIpc) is 2.44. The summed E-state index contributed by atoms with van der Waals surface area (Å²) in [7, 11) is 0. The summed E-state index contributed by atoms with van der Waals surface area (Å²) in [6, 6.07) is 8.14. The number of aromatic nitrogens is 1. The van der Waals surface area contributed by atoms with Crippen molar-refractivity contribution in [2.24, 2.45) is 5.73 Å². The smallest absolute Gasteiger partial charge is 0.419 e. The SMILES string of the molecule is N=C(N)c1ncccc1COc1ccccc1C(F)(F)F. The standard InChI is InChI=1S/C14H12F3N3O/c15-14(16,17)10-5-1-2-6-11(10)21-8-9-4-3-7-20-12(9)13(18)19/h1-7H,8H2,(H3,18,19). The predicted octanol–water partition coefficient (Wildman–Crippen LogP) is 2.96. The normalized spacial score (nSPS) is 11.2. The highest BCUT2D eigenvalue weighted by atomic mass is 19.4. The highest BCUT2D eigenvalue weighted by molar-refractivity contribution is 5.94. The molecule has 0 aliphatic carbocycles. The number of para-hydroxylation sites is 1. The molecule has 21 heavy (non-hydrogen) atoms. The van der Waals surface area contributed by atoms with Crippen LogP contribution in [0.2, 0.25) is 0 Å². The molecule has 4 nitrogen and oxygen atoms in total. The Kier molecular flexibility index (Phi) is 4.11. The van der Waals surface area contributed by atoms with Crippen molar-refractivity contribution in [2.45, 2.75) is 12.8 Å². The van der Waals surface area contributed by atoms with E-state index in [1.165, 1.54) is 24.4 Å². The average molecular weight is 295 g/mol. The number of ether oxygens (including phenoxy) is 1. The van der Waals surface area contributed by atoms with E-state index in [-0.39, 0.29) is 23.9 Å². The molecule has 2 aromatic rings. The van der Waals surface area contributed by atoms with Crippen LogP contribution in [-0.2, 0) is 12.8 Å². The summed E-state index contributed by atoms with van der Waals surface area (Å²) in [6.07, 6.45) is -3.04. The number of halogens is 3. The maximum atomic E-state index is 12.8. The van der Waals surface area contributed by atoms with E-state index in [9.17, 15) is 13.2 Å². The Bertz CT molecular complexity index is 656. The van der Waals surface area contributed by atoms with Crippen LogP contribution in [0.4, 0.5) is 13.2 Å². The topological polar surface area (TPSA) is 72.0 Å². The zero-order chi connectivity index (χ0) is 15.5. The van der Waals surface area contributed by atoms with E-state index in [1.54, 1.807) is 12.1 Å². The molecule has 1 aromatic carbocycles. The lowest BCUT2D eigenvalue weighted by Crippen LogP contribution is -2.17. The van der Waals surface area contributed by atoms with Crippen LogP contribution in [0.25, 0.3) is 0 Å². The first kappa shape index (κ1) is 14.8. The number of benzene rings is 1. The van der Waals surface area contributed by atoms with Crippen LogP contribution in [0.1, 0.15) is 16.8 Å². The molecule has 1 heterocycles. The molecule has 2 rings (SSSR count). The van der Waals surface area contributed by atoms with Crippen LogP contribution in [0.5, 0.6) is 5.75 Å². The van der Waals surface area contributed by atoms with Crippen molar-refractivity contribution in [3.63, 3.8) is 0 Å². The third-order valence-corrected chi connectivity index (χ3v) is 2.72. The number of pyridine rings is 1. The van der Waals surface area contributed by atoms with E-state index in [0.29, 0.717) is 5.56 Å². The van der Waals surface area contributed by atoms with Gasteiger partial charge in [-0.15, -0.1) is 0 Å². The fourth-order valence-corrected chi connectivity index (χ4v) is 1.78. The van der Waals surface area contributed by atoms with Crippen molar-refractivity contribution >= 4 is 5.84 Å². The van der Waals surface area contributed by atoms with E-state index >= 15 is 0 Å². The number of nitrogens with zero attached hydrogens (tertiary/aromatic N) is 1. The Labute approximate surface area is 118 Å². The van der Waals surface area contributed by atoms with Gasteiger partial charge in [0.05, 0.1) is 5.56 Å². The van der Waals surface area contributed by atoms with E-state index in [1.807, 2.05) is 0 Å². The van der Waals surface area contributed by atoms with Crippen LogP contribution in [0.3, 0.4) is 0 Å². The molecule has 0 spiro atoms. The fraction of sp³-hybridized carbons (Fsp3) is 0.143. The third-order valence-electron chi connectivity index (χ3n) is 2.72. The molecule has 0 aliphatic rings. The Balaban J connectivity index is 2.24. The number of hydrogen-bond donors (Lipinski definition) is 2. The van der Waals surface area contributed by atoms with E-state index in [2.05, 4.69) is 4.98 Å². The van der Waals surface area contributed by atoms with Crippen molar-refractivity contribution < 1.29 is 17.9 Å². The summed E-state index contributed by atoms with van der Waals surface area (Å²) in [5, 5.41) is 7.38. The van der Waals surface area contributed by atoms with Crippen LogP contribution in [0.15, 0.2) is 42.6 Å². The summed E-state index contributed by atoms with van der Waals surface area (Å²) in [4.78, 5) is 3.91. The van der Waals surface area contributed by atoms with Gasteiger partial charge in [-0.25, -0.2) is 0 Å². The van der Waals surface area contributed by atoms with Gasteiger partial charge in [0.25, 0.3) is 0 Å². The molecular weight excluding hydrogens is 283 g/mol. The molecule has 0 radical (unpaired) electrons. The van der Waals surface area contributed by atoms with Gasteiger partial charge < -0.3 is 10.5 Å². The van der Waals surface area contributed by atoms with E-state index in [4.69, 9.17) is 15.9 Å². The predicted molar refractivity (Wildman–Crippen MR) is 71.0 cm³/mol. The molecule has 0 unspecified atom stereocenters. The van der Waals surface area contributed by atoms with Gasteiger partial charge in [0, 0.05) is 11.8 Å². The van der Waals surface area contributed by atoms with Gasteiger partial charge in [-0.3, -0.25) is 10.4 Å². The first-order valence-electron chi connectivity index (χ1n) is 5.97. The Morgan fingerprint density at radius 3 is 2.57 bits per heavy atom. The molecule has 0 fully saturated rings. The lowest BCUT2D eigenvalue weighted by atomic mass is 10.1. The van der Waals surface area contributed by atoms with Crippen LogP contribution < -0.4 is 10.5 Å². The Hall–Kier alpha value is -2.57. The highest BCUT2D eigenvalue weighted by Gasteiger charge is 2.34. The Morgan fingerprint density at radius 2 is 1.90 bits per heavy atom. The van der Waals surface area contributed by atoms with Gasteiger partial charge >= 0.3 is 6.18 Å². The summed E-state index contributed by atoms with van der Waals surface area (Å²) < 4.78 is 43.7.